The number of aryl methyl sites for hydroxylation is 1. The summed E-state index contributed by atoms with van der Waals surface area (Å²) in [5.74, 6) is 0.523. The van der Waals surface area contributed by atoms with Gasteiger partial charge in [-0.05, 0) is 36.6 Å². The van der Waals surface area contributed by atoms with Crippen LogP contribution in [0.5, 0.6) is 0 Å². The number of nitrogens with one attached hydrogen (secondary N) is 1. The smallest absolute Gasteiger partial charge is 0.207 e. The molecule has 0 heterocycles. The molecular formula is C16H18ClNO2S. The van der Waals surface area contributed by atoms with Gasteiger partial charge in [-0.2, -0.15) is 0 Å². The molecule has 1 atom stereocenters. The summed E-state index contributed by atoms with van der Waals surface area (Å²) in [6.45, 7) is 1.83. The fourth-order valence-electron chi connectivity index (χ4n) is 2.05. The lowest BCUT2D eigenvalue weighted by molar-refractivity contribution is 0.567. The third kappa shape index (κ3) is 4.30. The van der Waals surface area contributed by atoms with E-state index in [0.29, 0.717) is 5.88 Å². The average molecular weight is 324 g/mol. The van der Waals surface area contributed by atoms with Crippen LogP contribution in [0.25, 0.3) is 0 Å². The van der Waals surface area contributed by atoms with Gasteiger partial charge in [0.15, 0.2) is 0 Å². The Hall–Kier alpha value is -1.36. The van der Waals surface area contributed by atoms with E-state index < -0.39 is 10.0 Å². The van der Waals surface area contributed by atoms with Gasteiger partial charge in [0, 0.05) is 11.9 Å². The summed E-state index contributed by atoms with van der Waals surface area (Å²) in [6, 6.07) is 16.0. The zero-order chi connectivity index (χ0) is 15.3. The molecule has 21 heavy (non-hydrogen) atoms. The second-order valence-electron chi connectivity index (χ2n) is 4.84. The third-order valence-corrected chi connectivity index (χ3v) is 4.99. The molecule has 0 saturated heterocycles. The van der Waals surface area contributed by atoms with E-state index in [0.717, 1.165) is 17.5 Å². The first kappa shape index (κ1) is 16.0. The van der Waals surface area contributed by atoms with Gasteiger partial charge in [0.05, 0.1) is 4.90 Å². The molecule has 0 bridgehead atoms. The number of rotatable bonds is 6. The molecule has 0 aliphatic carbocycles. The summed E-state index contributed by atoms with van der Waals surface area (Å²) in [6.07, 6.45) is 0.732. The highest BCUT2D eigenvalue weighted by Gasteiger charge is 2.18. The molecule has 112 valence electrons. The highest BCUT2D eigenvalue weighted by atomic mass is 35.5. The van der Waals surface area contributed by atoms with Crippen LogP contribution in [0.4, 0.5) is 0 Å². The van der Waals surface area contributed by atoms with E-state index in [1.54, 1.807) is 24.3 Å². The lowest BCUT2D eigenvalue weighted by Gasteiger charge is -2.14. The van der Waals surface area contributed by atoms with E-state index in [4.69, 9.17) is 11.6 Å². The molecule has 2 aromatic rings. The molecule has 2 aromatic carbocycles. The zero-order valence-corrected chi connectivity index (χ0v) is 13.4. The first-order valence-corrected chi connectivity index (χ1v) is 8.77. The highest BCUT2D eigenvalue weighted by molar-refractivity contribution is 7.89. The number of alkyl halides is 1. The van der Waals surface area contributed by atoms with Gasteiger partial charge in [-0.1, -0.05) is 42.5 Å². The Morgan fingerprint density at radius 2 is 1.67 bits per heavy atom. The van der Waals surface area contributed by atoms with Crippen molar-refractivity contribution < 1.29 is 8.42 Å². The van der Waals surface area contributed by atoms with Crippen LogP contribution in [-0.4, -0.2) is 14.3 Å². The Balaban J connectivity index is 2.14. The maximum Gasteiger partial charge on any atom is 0.241 e. The number of benzene rings is 2. The molecule has 1 N–H and O–H groups in total. The van der Waals surface area contributed by atoms with Crippen LogP contribution in [-0.2, 0) is 16.4 Å². The van der Waals surface area contributed by atoms with Gasteiger partial charge >= 0.3 is 0 Å². The molecule has 2 rings (SSSR count). The Morgan fingerprint density at radius 1 is 1.05 bits per heavy atom. The van der Waals surface area contributed by atoms with Crippen LogP contribution < -0.4 is 4.72 Å². The maximum absolute atomic E-state index is 12.3. The number of halogens is 1. The van der Waals surface area contributed by atoms with Crippen molar-refractivity contribution in [3.05, 3.63) is 65.7 Å². The molecule has 0 aliphatic rings. The minimum atomic E-state index is -3.52. The number of hydrogen-bond acceptors (Lipinski definition) is 2. The predicted molar refractivity (Wildman–Crippen MR) is 86.0 cm³/mol. The van der Waals surface area contributed by atoms with Crippen molar-refractivity contribution in [3.8, 4) is 0 Å². The van der Waals surface area contributed by atoms with E-state index in [-0.39, 0.29) is 10.9 Å². The Bertz CT molecular complexity index is 669. The summed E-state index contributed by atoms with van der Waals surface area (Å²) >= 11 is 5.67. The van der Waals surface area contributed by atoms with E-state index >= 15 is 0 Å². The summed E-state index contributed by atoms with van der Waals surface area (Å²) in [5, 5.41) is 0. The van der Waals surface area contributed by atoms with E-state index in [1.807, 2.05) is 37.3 Å². The van der Waals surface area contributed by atoms with Gasteiger partial charge < -0.3 is 0 Å². The van der Waals surface area contributed by atoms with Crippen LogP contribution in [0.15, 0.2) is 59.5 Å². The second-order valence-corrected chi connectivity index (χ2v) is 6.93. The Morgan fingerprint density at radius 3 is 2.24 bits per heavy atom. The number of sulfonamides is 1. The second kappa shape index (κ2) is 7.07. The lowest BCUT2D eigenvalue weighted by atomic mass is 10.1. The van der Waals surface area contributed by atoms with Crippen LogP contribution in [0.3, 0.4) is 0 Å². The van der Waals surface area contributed by atoms with Crippen molar-refractivity contribution in [2.75, 3.05) is 5.88 Å². The summed E-state index contributed by atoms with van der Waals surface area (Å²) < 4.78 is 27.4. The minimum absolute atomic E-state index is 0.267. The molecule has 0 amide bonds. The topological polar surface area (TPSA) is 46.2 Å². The maximum atomic E-state index is 12.3. The molecule has 0 aromatic heterocycles. The van der Waals surface area contributed by atoms with E-state index in [9.17, 15) is 8.42 Å². The first-order chi connectivity index (χ1) is 10.0. The quantitative estimate of drug-likeness (QED) is 0.827. The Kier molecular flexibility index (Phi) is 5.39. The first-order valence-electron chi connectivity index (χ1n) is 6.75. The van der Waals surface area contributed by atoms with Gasteiger partial charge in [-0.25, -0.2) is 13.1 Å². The molecular weight excluding hydrogens is 306 g/mol. The molecule has 0 aliphatic heterocycles. The normalized spacial score (nSPS) is 13.0. The molecule has 5 heteroatoms. The lowest BCUT2D eigenvalue weighted by Crippen LogP contribution is -2.26. The zero-order valence-electron chi connectivity index (χ0n) is 11.8. The molecule has 1 unspecified atom stereocenters. The fraction of sp³-hybridized carbons (Fsp3) is 0.250. The van der Waals surface area contributed by atoms with E-state index in [1.165, 1.54) is 0 Å². The monoisotopic (exact) mass is 323 g/mol. The van der Waals surface area contributed by atoms with E-state index in [2.05, 4.69) is 4.72 Å². The summed E-state index contributed by atoms with van der Waals surface area (Å²) in [5.41, 5.74) is 1.96. The number of hydrogen-bond donors (Lipinski definition) is 1. The molecule has 0 spiro atoms. The van der Waals surface area contributed by atoms with Crippen molar-refractivity contribution in [1.82, 2.24) is 4.72 Å². The third-order valence-electron chi connectivity index (χ3n) is 3.25. The van der Waals surface area contributed by atoms with Gasteiger partial charge in [-0.15, -0.1) is 11.6 Å². The SMILES string of the molecule is CC(NS(=O)(=O)c1ccc(CCCl)cc1)c1ccccc1. The molecule has 0 radical (unpaired) electrons. The fourth-order valence-corrected chi connectivity index (χ4v) is 3.51. The largest absolute Gasteiger partial charge is 0.241 e. The standard InChI is InChI=1S/C16H18ClNO2S/c1-13(15-5-3-2-4-6-15)18-21(19,20)16-9-7-14(8-10-16)11-12-17/h2-10,13,18H,11-12H2,1H3. The van der Waals surface area contributed by atoms with Crippen molar-refractivity contribution in [2.45, 2.75) is 24.3 Å². The van der Waals surface area contributed by atoms with Crippen molar-refractivity contribution >= 4 is 21.6 Å². The minimum Gasteiger partial charge on any atom is -0.207 e. The van der Waals surface area contributed by atoms with Crippen LogP contribution in [0.2, 0.25) is 0 Å². The molecule has 0 saturated carbocycles. The predicted octanol–water partition coefficient (Wildman–Crippen LogP) is 3.51. The van der Waals surface area contributed by atoms with Gasteiger partial charge in [0.25, 0.3) is 0 Å². The highest BCUT2D eigenvalue weighted by Crippen LogP contribution is 2.17. The van der Waals surface area contributed by atoms with Crippen molar-refractivity contribution in [1.29, 1.82) is 0 Å². The van der Waals surface area contributed by atoms with Crippen LogP contribution >= 0.6 is 11.6 Å². The van der Waals surface area contributed by atoms with Gasteiger partial charge in [0.2, 0.25) is 10.0 Å². The summed E-state index contributed by atoms with van der Waals surface area (Å²) in [7, 11) is -3.52. The molecule has 0 fully saturated rings. The van der Waals surface area contributed by atoms with Gasteiger partial charge in [-0.3, -0.25) is 0 Å². The average Bonchev–Trinajstić information content (AvgIpc) is 2.48. The molecule has 3 nitrogen and oxygen atoms in total. The van der Waals surface area contributed by atoms with Crippen molar-refractivity contribution in [3.63, 3.8) is 0 Å². The summed E-state index contributed by atoms with van der Waals surface area (Å²) in [4.78, 5) is 0.267. The Labute approximate surface area is 131 Å². The van der Waals surface area contributed by atoms with Crippen molar-refractivity contribution in [2.24, 2.45) is 0 Å². The van der Waals surface area contributed by atoms with Crippen LogP contribution in [0.1, 0.15) is 24.1 Å². The van der Waals surface area contributed by atoms with Gasteiger partial charge in [0.1, 0.15) is 0 Å². The van der Waals surface area contributed by atoms with Crippen LogP contribution in [0, 0.1) is 0 Å².